The number of aromatic nitrogens is 1. The highest BCUT2D eigenvalue weighted by Gasteiger charge is 2.37. The van der Waals surface area contributed by atoms with Crippen molar-refractivity contribution in [2.24, 2.45) is 11.8 Å². The highest BCUT2D eigenvalue weighted by atomic mass is 16.2. The molecule has 1 fully saturated rings. The lowest BCUT2D eigenvalue weighted by Gasteiger charge is -2.15. The van der Waals surface area contributed by atoms with Gasteiger partial charge in [0.1, 0.15) is 5.82 Å². The van der Waals surface area contributed by atoms with Gasteiger partial charge in [-0.2, -0.15) is 0 Å². The van der Waals surface area contributed by atoms with Crippen LogP contribution in [0.4, 0.5) is 5.82 Å². The summed E-state index contributed by atoms with van der Waals surface area (Å²) in [4.78, 5) is 29.5. The van der Waals surface area contributed by atoms with Crippen molar-refractivity contribution in [2.45, 2.75) is 19.8 Å². The third-order valence-corrected chi connectivity index (χ3v) is 5.83. The Morgan fingerprint density at radius 1 is 1.28 bits per heavy atom. The van der Waals surface area contributed by atoms with E-state index in [-0.39, 0.29) is 5.91 Å². The van der Waals surface area contributed by atoms with Gasteiger partial charge in [-0.3, -0.25) is 9.59 Å². The summed E-state index contributed by atoms with van der Waals surface area (Å²) in [7, 11) is 0. The van der Waals surface area contributed by atoms with Crippen molar-refractivity contribution in [1.29, 1.82) is 0 Å². The highest BCUT2D eigenvalue weighted by molar-refractivity contribution is 5.92. The molecular weight excluding hydrogens is 362 g/mol. The third-order valence-electron chi connectivity index (χ3n) is 5.83. The van der Waals surface area contributed by atoms with Crippen LogP contribution >= 0.6 is 0 Å². The van der Waals surface area contributed by atoms with Gasteiger partial charge in [0.05, 0.1) is 0 Å². The van der Waals surface area contributed by atoms with Crippen molar-refractivity contribution in [3.63, 3.8) is 0 Å². The molecule has 0 spiro atoms. The fourth-order valence-electron chi connectivity index (χ4n) is 4.30. The van der Waals surface area contributed by atoms with Crippen molar-refractivity contribution in [2.75, 3.05) is 18.4 Å². The molecule has 2 aliphatic rings. The molecule has 0 bridgehead atoms. The number of nitrogens with one attached hydrogen (secondary N) is 1. The van der Waals surface area contributed by atoms with E-state index >= 15 is 0 Å². The number of fused-ring (bicyclic) bond motifs is 1. The molecule has 1 aromatic heterocycles. The van der Waals surface area contributed by atoms with Crippen LogP contribution in [0.1, 0.15) is 30.0 Å². The fraction of sp³-hybridized carbons (Fsp3) is 0.292. The van der Waals surface area contributed by atoms with Crippen molar-refractivity contribution < 1.29 is 9.59 Å². The van der Waals surface area contributed by atoms with Crippen molar-refractivity contribution >= 4 is 29.8 Å². The smallest absolute Gasteiger partial charge is 0.246 e. The largest absolute Gasteiger partial charge is 0.338 e. The molecule has 4 rings (SSSR count). The quantitative estimate of drug-likeness (QED) is 0.606. The molecule has 2 heterocycles. The van der Waals surface area contributed by atoms with Crippen LogP contribution in [0.3, 0.4) is 0 Å². The fourth-order valence-corrected chi connectivity index (χ4v) is 4.30. The van der Waals surface area contributed by atoms with Gasteiger partial charge in [0, 0.05) is 25.4 Å². The summed E-state index contributed by atoms with van der Waals surface area (Å²) in [5, 5.41) is 2.61. The number of likely N-dealkylation sites (tertiary alicyclic amines) is 1. The van der Waals surface area contributed by atoms with E-state index in [1.807, 2.05) is 24.0 Å². The molecule has 2 amide bonds. The number of anilines is 1. The molecule has 2 atom stereocenters. The number of nitrogens with zero attached hydrogens (tertiary/aromatic N) is 2. The molecule has 1 aliphatic heterocycles. The number of aryl methyl sites for hydroxylation is 1. The second kappa shape index (κ2) is 8.43. The average molecular weight is 387 g/mol. The molecule has 1 saturated heterocycles. The standard InChI is InChI=1S/C24H25N3O2/c1-2-18-10-17(13-25-24(18)26-16-28)8-9-23(29)27-14-21-11-20(12-22(21)15-27)19-6-4-3-5-7-19/h3-11,13,16,21-22H,2,12,14-15H2,1H3,(H,25,26,28)/b9-8+. The molecule has 2 aromatic rings. The minimum atomic E-state index is 0.0437. The number of hydrogen-bond donors (Lipinski definition) is 1. The number of carbonyl (C=O) groups is 2. The Hall–Kier alpha value is -3.21. The normalized spacial score (nSPS) is 20.6. The Labute approximate surface area is 171 Å². The second-order valence-electron chi connectivity index (χ2n) is 7.65. The summed E-state index contributed by atoms with van der Waals surface area (Å²) in [6, 6.07) is 12.5. The molecule has 2 unspecified atom stereocenters. The lowest BCUT2D eigenvalue weighted by molar-refractivity contribution is -0.125. The lowest BCUT2D eigenvalue weighted by Crippen LogP contribution is -2.27. The minimum Gasteiger partial charge on any atom is -0.338 e. The molecule has 29 heavy (non-hydrogen) atoms. The molecular formula is C24H25N3O2. The Balaban J connectivity index is 1.39. The predicted molar refractivity (Wildman–Crippen MR) is 115 cm³/mol. The van der Waals surface area contributed by atoms with E-state index in [1.165, 1.54) is 11.1 Å². The molecule has 148 valence electrons. The summed E-state index contributed by atoms with van der Waals surface area (Å²) in [5.74, 6) is 1.58. The lowest BCUT2D eigenvalue weighted by atomic mass is 9.98. The monoisotopic (exact) mass is 387 g/mol. The van der Waals surface area contributed by atoms with Gasteiger partial charge in [-0.1, -0.05) is 43.3 Å². The van der Waals surface area contributed by atoms with E-state index in [4.69, 9.17) is 0 Å². The molecule has 0 radical (unpaired) electrons. The van der Waals surface area contributed by atoms with Crippen molar-refractivity contribution in [1.82, 2.24) is 9.88 Å². The van der Waals surface area contributed by atoms with Gasteiger partial charge < -0.3 is 10.2 Å². The van der Waals surface area contributed by atoms with Crippen molar-refractivity contribution in [3.05, 3.63) is 71.4 Å². The Morgan fingerprint density at radius 3 is 2.83 bits per heavy atom. The number of allylic oxidation sites excluding steroid dienone is 1. The first-order valence-electron chi connectivity index (χ1n) is 10.1. The van der Waals surface area contributed by atoms with Gasteiger partial charge in [0.25, 0.3) is 0 Å². The number of amides is 2. The molecule has 1 aromatic carbocycles. The van der Waals surface area contributed by atoms with Gasteiger partial charge in [-0.05, 0) is 59.1 Å². The topological polar surface area (TPSA) is 62.3 Å². The first-order valence-corrected chi connectivity index (χ1v) is 10.1. The Kier molecular flexibility index (Phi) is 5.56. The van der Waals surface area contributed by atoms with Crippen LogP contribution in [0.2, 0.25) is 0 Å². The first kappa shape index (κ1) is 19.1. The van der Waals surface area contributed by atoms with Gasteiger partial charge in [0.2, 0.25) is 12.3 Å². The first-order chi connectivity index (χ1) is 14.2. The predicted octanol–water partition coefficient (Wildman–Crippen LogP) is 3.79. The molecule has 1 N–H and O–H groups in total. The summed E-state index contributed by atoms with van der Waals surface area (Å²) in [5.41, 5.74) is 4.51. The summed E-state index contributed by atoms with van der Waals surface area (Å²) in [6.45, 7) is 3.60. The zero-order chi connectivity index (χ0) is 20.2. The third kappa shape index (κ3) is 4.14. The SMILES string of the molecule is CCc1cc(/C=C/C(=O)N2CC3C=C(c4ccccc4)CC3C2)cnc1NC=O. The maximum atomic E-state index is 12.7. The van der Waals surface area contributed by atoms with Gasteiger partial charge in [-0.15, -0.1) is 0 Å². The maximum absolute atomic E-state index is 12.7. The number of benzene rings is 1. The minimum absolute atomic E-state index is 0.0437. The second-order valence-corrected chi connectivity index (χ2v) is 7.65. The van der Waals surface area contributed by atoms with E-state index in [9.17, 15) is 9.59 Å². The zero-order valence-electron chi connectivity index (χ0n) is 16.5. The van der Waals surface area contributed by atoms with Crippen LogP contribution in [0.15, 0.2) is 54.7 Å². The average Bonchev–Trinajstić information content (AvgIpc) is 3.33. The van der Waals surface area contributed by atoms with E-state index in [1.54, 1.807) is 18.3 Å². The molecule has 5 heteroatoms. The van der Waals surface area contributed by atoms with Crippen LogP contribution in [0, 0.1) is 11.8 Å². The number of rotatable bonds is 6. The van der Waals surface area contributed by atoms with Gasteiger partial charge >= 0.3 is 0 Å². The number of carbonyl (C=O) groups excluding carboxylic acids is 2. The number of pyridine rings is 1. The summed E-state index contributed by atoms with van der Waals surface area (Å²) >= 11 is 0. The van der Waals surface area contributed by atoms with Crippen LogP contribution in [-0.4, -0.2) is 35.3 Å². The number of hydrogen-bond acceptors (Lipinski definition) is 3. The van der Waals surface area contributed by atoms with Gasteiger partial charge in [0.15, 0.2) is 0 Å². The molecule has 1 aliphatic carbocycles. The molecule has 0 saturated carbocycles. The van der Waals surface area contributed by atoms with Crippen LogP contribution in [-0.2, 0) is 16.0 Å². The Morgan fingerprint density at radius 2 is 2.10 bits per heavy atom. The van der Waals surface area contributed by atoms with Crippen LogP contribution in [0.25, 0.3) is 11.6 Å². The van der Waals surface area contributed by atoms with E-state index < -0.39 is 0 Å². The Bertz CT molecular complexity index is 965. The van der Waals surface area contributed by atoms with Gasteiger partial charge in [-0.25, -0.2) is 4.98 Å². The van der Waals surface area contributed by atoms with E-state index in [0.29, 0.717) is 24.1 Å². The zero-order valence-corrected chi connectivity index (χ0v) is 16.5. The van der Waals surface area contributed by atoms with Crippen LogP contribution in [0.5, 0.6) is 0 Å². The maximum Gasteiger partial charge on any atom is 0.246 e. The highest BCUT2D eigenvalue weighted by Crippen LogP contribution is 2.40. The molecule has 5 nitrogen and oxygen atoms in total. The van der Waals surface area contributed by atoms with E-state index in [2.05, 4.69) is 40.6 Å². The summed E-state index contributed by atoms with van der Waals surface area (Å²) in [6.07, 6.45) is 9.88. The summed E-state index contributed by atoms with van der Waals surface area (Å²) < 4.78 is 0. The van der Waals surface area contributed by atoms with Crippen molar-refractivity contribution in [3.8, 4) is 0 Å². The van der Waals surface area contributed by atoms with E-state index in [0.717, 1.165) is 37.1 Å². The van der Waals surface area contributed by atoms with Crippen LogP contribution < -0.4 is 5.32 Å².